The Morgan fingerprint density at radius 3 is 2.50 bits per heavy atom. The normalized spacial score (nSPS) is 22.0. The molecule has 1 aliphatic heterocycles. The van der Waals surface area contributed by atoms with E-state index in [-0.39, 0.29) is 0 Å². The highest BCUT2D eigenvalue weighted by molar-refractivity contribution is 5.31. The second-order valence-corrected chi connectivity index (χ2v) is 4.33. The average molecular weight is 219 g/mol. The molecule has 1 saturated carbocycles. The molecule has 0 atom stereocenters. The minimum atomic E-state index is 0.625. The van der Waals surface area contributed by atoms with Crippen molar-refractivity contribution in [2.75, 3.05) is 31.2 Å². The van der Waals surface area contributed by atoms with Gasteiger partial charge < -0.3 is 5.32 Å². The van der Waals surface area contributed by atoms with Gasteiger partial charge in [0, 0.05) is 44.6 Å². The minimum Gasteiger partial charge on any atom is -0.314 e. The Bertz CT molecular complexity index is 331. The highest BCUT2D eigenvalue weighted by atomic mass is 15.7. The summed E-state index contributed by atoms with van der Waals surface area (Å²) < 4.78 is 0. The van der Waals surface area contributed by atoms with E-state index in [0.717, 1.165) is 32.1 Å². The molecule has 1 aliphatic carbocycles. The SMILES string of the molecule is c1cnc(N(C2CC2)N2CCNCC2)nc1. The van der Waals surface area contributed by atoms with Crippen molar-refractivity contribution in [3.8, 4) is 0 Å². The highest BCUT2D eigenvalue weighted by Gasteiger charge is 2.35. The lowest BCUT2D eigenvalue weighted by Gasteiger charge is -2.37. The van der Waals surface area contributed by atoms with Crippen LogP contribution < -0.4 is 10.3 Å². The number of aromatic nitrogens is 2. The summed E-state index contributed by atoms with van der Waals surface area (Å²) in [6.07, 6.45) is 6.17. The van der Waals surface area contributed by atoms with E-state index in [1.54, 1.807) is 0 Å². The number of nitrogens with one attached hydrogen (secondary N) is 1. The van der Waals surface area contributed by atoms with Crippen LogP contribution in [0.15, 0.2) is 18.5 Å². The lowest BCUT2D eigenvalue weighted by atomic mass is 10.4. The van der Waals surface area contributed by atoms with E-state index in [1.165, 1.54) is 12.8 Å². The number of hydrazine groups is 1. The lowest BCUT2D eigenvalue weighted by molar-refractivity contribution is 0.212. The largest absolute Gasteiger partial charge is 0.314 e. The quantitative estimate of drug-likeness (QED) is 0.790. The van der Waals surface area contributed by atoms with Crippen molar-refractivity contribution in [1.82, 2.24) is 20.3 Å². The molecular weight excluding hydrogens is 202 g/mol. The Balaban J connectivity index is 1.80. The second kappa shape index (κ2) is 4.35. The number of anilines is 1. The predicted molar refractivity (Wildman–Crippen MR) is 62.0 cm³/mol. The molecule has 5 heteroatoms. The molecule has 0 spiro atoms. The van der Waals surface area contributed by atoms with Gasteiger partial charge in [-0.1, -0.05) is 0 Å². The summed E-state index contributed by atoms with van der Waals surface area (Å²) in [5, 5.41) is 8.04. The van der Waals surface area contributed by atoms with Gasteiger partial charge in [-0.05, 0) is 18.9 Å². The molecule has 0 bridgehead atoms. The Morgan fingerprint density at radius 2 is 1.88 bits per heavy atom. The van der Waals surface area contributed by atoms with Crippen molar-refractivity contribution < 1.29 is 0 Å². The second-order valence-electron chi connectivity index (χ2n) is 4.33. The van der Waals surface area contributed by atoms with Gasteiger partial charge in [-0.3, -0.25) is 5.01 Å². The van der Waals surface area contributed by atoms with E-state index < -0.39 is 0 Å². The molecule has 0 radical (unpaired) electrons. The van der Waals surface area contributed by atoms with E-state index in [0.29, 0.717) is 6.04 Å². The van der Waals surface area contributed by atoms with Gasteiger partial charge in [0.2, 0.25) is 5.95 Å². The van der Waals surface area contributed by atoms with Crippen molar-refractivity contribution in [2.45, 2.75) is 18.9 Å². The lowest BCUT2D eigenvalue weighted by Crippen LogP contribution is -2.54. The fraction of sp³-hybridized carbons (Fsp3) is 0.636. The van der Waals surface area contributed by atoms with Crippen LogP contribution in [0.1, 0.15) is 12.8 Å². The van der Waals surface area contributed by atoms with Crippen molar-refractivity contribution in [3.05, 3.63) is 18.5 Å². The summed E-state index contributed by atoms with van der Waals surface area (Å²) in [6.45, 7) is 4.20. The molecule has 3 rings (SSSR count). The molecule has 1 N–H and O–H groups in total. The van der Waals surface area contributed by atoms with Crippen molar-refractivity contribution in [1.29, 1.82) is 0 Å². The molecule has 16 heavy (non-hydrogen) atoms. The third-order valence-electron chi connectivity index (χ3n) is 3.05. The summed E-state index contributed by atoms with van der Waals surface area (Å²) in [5.41, 5.74) is 0. The highest BCUT2D eigenvalue weighted by Crippen LogP contribution is 2.30. The minimum absolute atomic E-state index is 0.625. The molecule has 1 aromatic heterocycles. The molecule has 0 amide bonds. The van der Waals surface area contributed by atoms with Crippen molar-refractivity contribution >= 4 is 5.95 Å². The standard InChI is InChI=1S/C11H17N5/c1-4-13-11(14-5-1)16(10-2-3-10)15-8-6-12-7-9-15/h1,4-5,10,12H,2-3,6-9H2. The number of rotatable bonds is 3. The summed E-state index contributed by atoms with van der Waals surface area (Å²) in [5.74, 6) is 0.854. The van der Waals surface area contributed by atoms with Crippen LogP contribution in [0.3, 0.4) is 0 Å². The first-order valence-corrected chi connectivity index (χ1v) is 5.97. The average Bonchev–Trinajstić information content (AvgIpc) is 3.17. The van der Waals surface area contributed by atoms with Crippen LogP contribution in [-0.2, 0) is 0 Å². The van der Waals surface area contributed by atoms with E-state index in [1.807, 2.05) is 18.5 Å². The smallest absolute Gasteiger partial charge is 0.240 e. The summed E-state index contributed by atoms with van der Waals surface area (Å²) >= 11 is 0. The Morgan fingerprint density at radius 1 is 1.19 bits per heavy atom. The molecule has 2 heterocycles. The molecule has 1 saturated heterocycles. The van der Waals surface area contributed by atoms with Crippen LogP contribution in [0.25, 0.3) is 0 Å². The maximum Gasteiger partial charge on any atom is 0.240 e. The molecular formula is C11H17N5. The Labute approximate surface area is 95.5 Å². The van der Waals surface area contributed by atoms with E-state index in [9.17, 15) is 0 Å². The number of piperazine rings is 1. The molecule has 0 aromatic carbocycles. The first-order chi connectivity index (χ1) is 7.95. The van der Waals surface area contributed by atoms with Gasteiger partial charge in [-0.25, -0.2) is 15.0 Å². The van der Waals surface area contributed by atoms with Crippen LogP contribution in [0.5, 0.6) is 0 Å². The summed E-state index contributed by atoms with van der Waals surface area (Å²) in [7, 11) is 0. The van der Waals surface area contributed by atoms with Gasteiger partial charge in [0.15, 0.2) is 0 Å². The molecule has 1 aromatic rings. The Hall–Kier alpha value is -1.20. The fourth-order valence-electron chi connectivity index (χ4n) is 2.12. The summed E-state index contributed by atoms with van der Waals surface area (Å²) in [6, 6.07) is 2.49. The van der Waals surface area contributed by atoms with E-state index >= 15 is 0 Å². The van der Waals surface area contributed by atoms with Gasteiger partial charge in [0.25, 0.3) is 0 Å². The summed E-state index contributed by atoms with van der Waals surface area (Å²) in [4.78, 5) is 8.74. The number of hydrogen-bond acceptors (Lipinski definition) is 5. The predicted octanol–water partition coefficient (Wildman–Crippen LogP) is 0.266. The zero-order valence-electron chi connectivity index (χ0n) is 9.34. The Kier molecular flexibility index (Phi) is 2.71. The van der Waals surface area contributed by atoms with E-state index in [2.05, 4.69) is 25.3 Å². The van der Waals surface area contributed by atoms with Crippen molar-refractivity contribution in [3.63, 3.8) is 0 Å². The molecule has 86 valence electrons. The van der Waals surface area contributed by atoms with Crippen LogP contribution >= 0.6 is 0 Å². The van der Waals surface area contributed by atoms with Crippen LogP contribution in [0.2, 0.25) is 0 Å². The molecule has 2 fully saturated rings. The topological polar surface area (TPSA) is 44.3 Å². The van der Waals surface area contributed by atoms with Gasteiger partial charge in [-0.2, -0.15) is 0 Å². The van der Waals surface area contributed by atoms with Crippen LogP contribution in [-0.4, -0.2) is 47.2 Å². The molecule has 5 nitrogen and oxygen atoms in total. The maximum absolute atomic E-state index is 4.37. The maximum atomic E-state index is 4.37. The third kappa shape index (κ3) is 2.01. The zero-order valence-corrected chi connectivity index (χ0v) is 9.34. The molecule has 2 aliphatic rings. The van der Waals surface area contributed by atoms with Gasteiger partial charge in [0.1, 0.15) is 0 Å². The van der Waals surface area contributed by atoms with Gasteiger partial charge in [-0.15, -0.1) is 0 Å². The fourth-order valence-corrected chi connectivity index (χ4v) is 2.12. The molecule has 0 unspecified atom stereocenters. The van der Waals surface area contributed by atoms with Crippen LogP contribution in [0, 0.1) is 0 Å². The van der Waals surface area contributed by atoms with Gasteiger partial charge in [0.05, 0.1) is 0 Å². The first-order valence-electron chi connectivity index (χ1n) is 5.97. The van der Waals surface area contributed by atoms with E-state index in [4.69, 9.17) is 0 Å². The van der Waals surface area contributed by atoms with Gasteiger partial charge >= 0.3 is 0 Å². The first kappa shape index (κ1) is 9.99. The monoisotopic (exact) mass is 219 g/mol. The van der Waals surface area contributed by atoms with Crippen molar-refractivity contribution in [2.24, 2.45) is 0 Å². The number of hydrogen-bond donors (Lipinski definition) is 1. The number of nitrogens with zero attached hydrogens (tertiary/aromatic N) is 4. The zero-order chi connectivity index (χ0) is 10.8. The third-order valence-corrected chi connectivity index (χ3v) is 3.05. The van der Waals surface area contributed by atoms with Crippen LogP contribution in [0.4, 0.5) is 5.95 Å².